The van der Waals surface area contributed by atoms with Gasteiger partial charge in [0.05, 0.1) is 12.1 Å². The van der Waals surface area contributed by atoms with Gasteiger partial charge in [-0.1, -0.05) is 96.8 Å². The Kier molecular flexibility index (Phi) is 26.3. The van der Waals surface area contributed by atoms with E-state index in [1.54, 1.807) is 0 Å². The molecule has 34 heavy (non-hydrogen) atoms. The first-order chi connectivity index (χ1) is 16.7. The van der Waals surface area contributed by atoms with Gasteiger partial charge in [-0.3, -0.25) is 9.69 Å². The van der Waals surface area contributed by atoms with E-state index in [1.165, 1.54) is 83.5 Å². The molecule has 1 amide bonds. The van der Waals surface area contributed by atoms with Crippen molar-refractivity contribution in [2.24, 2.45) is 0 Å². The highest BCUT2D eigenvalue weighted by Crippen LogP contribution is 2.13. The average molecular weight is 476 g/mol. The molecule has 0 atom stereocenters. The summed E-state index contributed by atoms with van der Waals surface area (Å²) < 4.78 is 0. The number of unbranched alkanes of at least 4 members (excludes halogenated alkanes) is 14. The Morgan fingerprint density at radius 1 is 0.647 bits per heavy atom. The number of nitrogens with one attached hydrogen (secondary N) is 2. The van der Waals surface area contributed by atoms with Crippen LogP contribution in [0.3, 0.4) is 0 Å². The molecule has 0 saturated heterocycles. The number of nitrogens with zero attached hydrogens (tertiary/aromatic N) is 3. The summed E-state index contributed by atoms with van der Waals surface area (Å²) >= 11 is 0. The zero-order chi connectivity index (χ0) is 25.0. The monoisotopic (exact) mass is 475 g/mol. The van der Waals surface area contributed by atoms with E-state index >= 15 is 0 Å². The summed E-state index contributed by atoms with van der Waals surface area (Å²) in [6.45, 7) is 6.68. The van der Waals surface area contributed by atoms with Crippen LogP contribution >= 0.6 is 0 Å². The number of amides is 1. The zero-order valence-electron chi connectivity index (χ0n) is 22.2. The van der Waals surface area contributed by atoms with Gasteiger partial charge in [-0.05, 0) is 6.42 Å². The fourth-order valence-corrected chi connectivity index (χ4v) is 4.15. The van der Waals surface area contributed by atoms with Gasteiger partial charge in [-0.25, -0.2) is 0 Å². The smallest absolute Gasteiger partial charge is 0.220 e. The third-order valence-corrected chi connectivity index (χ3v) is 6.32. The maximum Gasteiger partial charge on any atom is 0.220 e. The molecule has 196 valence electrons. The van der Waals surface area contributed by atoms with Crippen molar-refractivity contribution in [3.05, 3.63) is 0 Å². The number of carbonyl (C=O) groups excluding carboxylic acids is 1. The summed E-state index contributed by atoms with van der Waals surface area (Å²) in [5.41, 5.74) is 0. The Morgan fingerprint density at radius 3 is 1.68 bits per heavy atom. The van der Waals surface area contributed by atoms with Gasteiger partial charge < -0.3 is 10.6 Å². The van der Waals surface area contributed by atoms with Crippen LogP contribution in [0, 0.1) is 22.7 Å². The standard InChI is InChI=1S/C28H53N5O/c1-2-3-4-5-6-7-8-9-10-11-12-13-14-15-16-19-28(34)32-24-27-33(25-18-21-30)26-23-31-22-17-20-29/h31H,2-19,22-27H2,1H3,(H,32,34). The molecule has 0 aliphatic heterocycles. The normalized spacial score (nSPS) is 10.8. The van der Waals surface area contributed by atoms with Crippen molar-refractivity contribution in [3.8, 4) is 12.1 Å². The fraction of sp³-hybridized carbons (Fsp3) is 0.893. The Morgan fingerprint density at radius 2 is 1.15 bits per heavy atom. The first-order valence-corrected chi connectivity index (χ1v) is 14.2. The second-order valence-corrected chi connectivity index (χ2v) is 9.46. The molecule has 0 saturated carbocycles. The molecule has 0 aromatic carbocycles. The maximum absolute atomic E-state index is 12.1. The molecule has 6 nitrogen and oxygen atoms in total. The molecule has 2 N–H and O–H groups in total. The van der Waals surface area contributed by atoms with Crippen LogP contribution in [-0.2, 0) is 4.79 Å². The lowest BCUT2D eigenvalue weighted by molar-refractivity contribution is -0.121. The molecule has 0 unspecified atom stereocenters. The first kappa shape index (κ1) is 32.4. The van der Waals surface area contributed by atoms with Gasteiger partial charge >= 0.3 is 0 Å². The molecule has 6 heteroatoms. The van der Waals surface area contributed by atoms with Crippen LogP contribution in [0.4, 0.5) is 0 Å². The summed E-state index contributed by atoms with van der Waals surface area (Å²) in [4.78, 5) is 14.3. The van der Waals surface area contributed by atoms with Gasteiger partial charge in [-0.15, -0.1) is 0 Å². The Labute approximate surface area is 210 Å². The van der Waals surface area contributed by atoms with Crippen molar-refractivity contribution in [1.82, 2.24) is 15.5 Å². The maximum atomic E-state index is 12.1. The van der Waals surface area contributed by atoms with Crippen molar-refractivity contribution < 1.29 is 4.79 Å². The summed E-state index contributed by atoms with van der Waals surface area (Å²) in [5.74, 6) is 0.141. The van der Waals surface area contributed by atoms with Crippen LogP contribution < -0.4 is 10.6 Å². The van der Waals surface area contributed by atoms with Crippen LogP contribution in [0.2, 0.25) is 0 Å². The van der Waals surface area contributed by atoms with Crippen molar-refractivity contribution in [2.45, 2.75) is 122 Å². The van der Waals surface area contributed by atoms with Crippen LogP contribution in [0.25, 0.3) is 0 Å². The van der Waals surface area contributed by atoms with Gasteiger partial charge in [0.25, 0.3) is 0 Å². The van der Waals surface area contributed by atoms with Crippen LogP contribution in [0.1, 0.15) is 122 Å². The molecule has 0 rings (SSSR count). The summed E-state index contributed by atoms with van der Waals surface area (Å²) in [5, 5.41) is 23.7. The molecule has 0 radical (unpaired) electrons. The van der Waals surface area contributed by atoms with Crippen molar-refractivity contribution in [3.63, 3.8) is 0 Å². The molecule has 0 aromatic rings. The minimum Gasteiger partial charge on any atom is -0.355 e. The van der Waals surface area contributed by atoms with Crippen LogP contribution in [-0.4, -0.2) is 50.1 Å². The Bertz CT molecular complexity index is 526. The van der Waals surface area contributed by atoms with Crippen LogP contribution in [0.15, 0.2) is 0 Å². The number of hydrogen-bond donors (Lipinski definition) is 2. The number of rotatable bonds is 26. The molecular weight excluding hydrogens is 422 g/mol. The minimum atomic E-state index is 0.141. The van der Waals surface area contributed by atoms with E-state index in [0.29, 0.717) is 38.9 Å². The van der Waals surface area contributed by atoms with E-state index in [-0.39, 0.29) is 5.91 Å². The summed E-state index contributed by atoms with van der Waals surface area (Å²) in [6.07, 6.45) is 21.6. The lowest BCUT2D eigenvalue weighted by atomic mass is 10.0. The van der Waals surface area contributed by atoms with E-state index in [1.807, 2.05) is 0 Å². The van der Waals surface area contributed by atoms with Gasteiger partial charge in [0.1, 0.15) is 0 Å². The average Bonchev–Trinajstić information content (AvgIpc) is 2.84. The SMILES string of the molecule is CCCCCCCCCCCCCCCCCC(=O)NCCN(CCC#N)CCNCCC#N. The highest BCUT2D eigenvalue weighted by atomic mass is 16.1. The second kappa shape index (κ2) is 27.6. The highest BCUT2D eigenvalue weighted by molar-refractivity contribution is 5.75. The van der Waals surface area contributed by atoms with Gasteiger partial charge in [0.2, 0.25) is 5.91 Å². The topological polar surface area (TPSA) is 91.9 Å². The van der Waals surface area contributed by atoms with E-state index < -0.39 is 0 Å². The lowest BCUT2D eigenvalue weighted by Gasteiger charge is -2.21. The second-order valence-electron chi connectivity index (χ2n) is 9.46. The highest BCUT2D eigenvalue weighted by Gasteiger charge is 2.06. The zero-order valence-corrected chi connectivity index (χ0v) is 22.2. The quantitative estimate of drug-likeness (QED) is 0.148. The van der Waals surface area contributed by atoms with Crippen molar-refractivity contribution >= 4 is 5.91 Å². The molecular formula is C28H53N5O. The lowest BCUT2D eigenvalue weighted by Crippen LogP contribution is -2.39. The molecule has 0 heterocycles. The van der Waals surface area contributed by atoms with E-state index in [4.69, 9.17) is 10.5 Å². The third kappa shape index (κ3) is 25.0. The largest absolute Gasteiger partial charge is 0.355 e. The van der Waals surface area contributed by atoms with E-state index in [9.17, 15) is 4.79 Å². The third-order valence-electron chi connectivity index (χ3n) is 6.32. The molecule has 0 aliphatic carbocycles. The molecule has 0 fully saturated rings. The van der Waals surface area contributed by atoms with E-state index in [2.05, 4.69) is 34.6 Å². The first-order valence-electron chi connectivity index (χ1n) is 14.2. The number of carbonyl (C=O) groups is 1. The minimum absolute atomic E-state index is 0.141. The van der Waals surface area contributed by atoms with Gasteiger partial charge in [-0.2, -0.15) is 10.5 Å². The Balaban J connectivity index is 3.51. The summed E-state index contributed by atoms with van der Waals surface area (Å²) in [7, 11) is 0. The molecule has 0 bridgehead atoms. The van der Waals surface area contributed by atoms with E-state index in [0.717, 1.165) is 32.5 Å². The van der Waals surface area contributed by atoms with Gasteiger partial charge in [0.15, 0.2) is 0 Å². The summed E-state index contributed by atoms with van der Waals surface area (Å²) in [6, 6.07) is 4.30. The predicted octanol–water partition coefficient (Wildman–Crippen LogP) is 6.08. The fourth-order valence-electron chi connectivity index (χ4n) is 4.15. The molecule has 0 spiro atoms. The van der Waals surface area contributed by atoms with Crippen molar-refractivity contribution in [2.75, 3.05) is 39.3 Å². The number of nitriles is 2. The van der Waals surface area contributed by atoms with Crippen molar-refractivity contribution in [1.29, 1.82) is 10.5 Å². The predicted molar refractivity (Wildman–Crippen MR) is 142 cm³/mol. The Hall–Kier alpha value is -1.63. The molecule has 0 aliphatic rings. The number of hydrogen-bond acceptors (Lipinski definition) is 5. The van der Waals surface area contributed by atoms with Gasteiger partial charge in [0, 0.05) is 58.5 Å². The molecule has 0 aromatic heterocycles. The van der Waals surface area contributed by atoms with Crippen LogP contribution in [0.5, 0.6) is 0 Å².